The van der Waals surface area contributed by atoms with Crippen molar-refractivity contribution in [2.24, 2.45) is 0 Å². The fraction of sp³-hybridized carbons (Fsp3) is 0.0714. The average Bonchev–Trinajstić information content (AvgIpc) is 2.40. The second-order valence-corrected chi connectivity index (χ2v) is 3.78. The van der Waals surface area contributed by atoms with E-state index in [0.29, 0.717) is 0 Å². The van der Waals surface area contributed by atoms with Crippen LogP contribution in [0.5, 0.6) is 5.75 Å². The summed E-state index contributed by atoms with van der Waals surface area (Å²) in [7, 11) is 0. The Kier molecular flexibility index (Phi) is 3.71. The van der Waals surface area contributed by atoms with Gasteiger partial charge in [0.1, 0.15) is 18.2 Å². The summed E-state index contributed by atoms with van der Waals surface area (Å²) in [6.45, 7) is -0.299. The lowest BCUT2D eigenvalue weighted by Crippen LogP contribution is -2.01. The minimum Gasteiger partial charge on any atom is -0.486 e. The zero-order valence-corrected chi connectivity index (χ0v) is 9.66. The molecular weight excluding hydrogens is 255 g/mol. The Morgan fingerprint density at radius 2 is 1.79 bits per heavy atom. The van der Waals surface area contributed by atoms with Gasteiger partial charge in [-0.15, -0.1) is 0 Å². The lowest BCUT2D eigenvalue weighted by atomic mass is 10.2. The van der Waals surface area contributed by atoms with Crippen LogP contribution >= 0.6 is 0 Å². The second kappa shape index (κ2) is 5.44. The molecule has 0 spiro atoms. The molecule has 0 saturated carbocycles. The summed E-state index contributed by atoms with van der Waals surface area (Å²) in [6.07, 6.45) is 0. The van der Waals surface area contributed by atoms with E-state index in [1.807, 2.05) is 0 Å². The van der Waals surface area contributed by atoms with Gasteiger partial charge in [0.2, 0.25) is 0 Å². The Bertz CT molecular complexity index is 650. The third-order valence-electron chi connectivity index (χ3n) is 2.45. The van der Waals surface area contributed by atoms with E-state index in [4.69, 9.17) is 10.00 Å². The molecule has 0 aliphatic heterocycles. The van der Waals surface area contributed by atoms with E-state index in [9.17, 15) is 13.2 Å². The van der Waals surface area contributed by atoms with Crippen LogP contribution in [-0.4, -0.2) is 0 Å². The molecule has 0 atom stereocenters. The first-order chi connectivity index (χ1) is 9.10. The van der Waals surface area contributed by atoms with Crippen LogP contribution in [0.4, 0.5) is 13.2 Å². The average molecular weight is 263 g/mol. The minimum atomic E-state index is -0.726. The van der Waals surface area contributed by atoms with Crippen molar-refractivity contribution in [1.29, 1.82) is 5.26 Å². The highest BCUT2D eigenvalue weighted by Crippen LogP contribution is 2.20. The zero-order valence-electron chi connectivity index (χ0n) is 9.66. The van der Waals surface area contributed by atoms with Crippen molar-refractivity contribution >= 4 is 0 Å². The molecule has 0 aliphatic rings. The van der Waals surface area contributed by atoms with Gasteiger partial charge in [0.25, 0.3) is 0 Å². The first kappa shape index (κ1) is 13.0. The van der Waals surface area contributed by atoms with Gasteiger partial charge >= 0.3 is 0 Å². The van der Waals surface area contributed by atoms with Gasteiger partial charge in [-0.05, 0) is 36.4 Å². The first-order valence-electron chi connectivity index (χ1n) is 5.36. The fourth-order valence-electron chi connectivity index (χ4n) is 1.50. The fourth-order valence-corrected chi connectivity index (χ4v) is 1.50. The topological polar surface area (TPSA) is 33.0 Å². The van der Waals surface area contributed by atoms with Crippen molar-refractivity contribution < 1.29 is 17.9 Å². The van der Waals surface area contributed by atoms with Crippen LogP contribution < -0.4 is 4.74 Å². The first-order valence-corrected chi connectivity index (χ1v) is 5.36. The van der Waals surface area contributed by atoms with Crippen molar-refractivity contribution in [2.45, 2.75) is 6.61 Å². The monoisotopic (exact) mass is 263 g/mol. The van der Waals surface area contributed by atoms with Gasteiger partial charge in [-0.3, -0.25) is 0 Å². The summed E-state index contributed by atoms with van der Waals surface area (Å²) < 4.78 is 44.8. The lowest BCUT2D eigenvalue weighted by Gasteiger charge is -2.08. The predicted octanol–water partition coefficient (Wildman–Crippen LogP) is 3.55. The molecule has 0 bridgehead atoms. The van der Waals surface area contributed by atoms with E-state index in [-0.39, 0.29) is 23.5 Å². The maximum Gasteiger partial charge on any atom is 0.166 e. The zero-order chi connectivity index (χ0) is 13.8. The van der Waals surface area contributed by atoms with Crippen molar-refractivity contribution in [3.63, 3.8) is 0 Å². The number of hydrogen-bond acceptors (Lipinski definition) is 2. The summed E-state index contributed by atoms with van der Waals surface area (Å²) in [4.78, 5) is 0. The molecule has 5 heteroatoms. The molecule has 2 aromatic rings. The third kappa shape index (κ3) is 3.05. The molecule has 0 unspecified atom stereocenters. The van der Waals surface area contributed by atoms with E-state index in [1.54, 1.807) is 6.07 Å². The van der Waals surface area contributed by atoms with Crippen LogP contribution in [0, 0.1) is 28.8 Å². The van der Waals surface area contributed by atoms with Crippen LogP contribution in [0.1, 0.15) is 11.1 Å². The minimum absolute atomic E-state index is 0.0104. The Hall–Kier alpha value is -2.48. The van der Waals surface area contributed by atoms with E-state index < -0.39 is 17.5 Å². The summed E-state index contributed by atoms with van der Waals surface area (Å²) in [5.41, 5.74) is 0.144. The van der Waals surface area contributed by atoms with Gasteiger partial charge in [-0.25, -0.2) is 13.2 Å². The standard InChI is InChI=1S/C14H8F3NO/c15-11-2-3-12(16)10(6-11)8-19-14-4-1-9(7-18)5-13(14)17/h1-6H,8H2. The molecule has 0 amide bonds. The highest BCUT2D eigenvalue weighted by molar-refractivity contribution is 5.36. The van der Waals surface area contributed by atoms with Crippen LogP contribution in [-0.2, 0) is 6.61 Å². The van der Waals surface area contributed by atoms with Gasteiger partial charge in [0.15, 0.2) is 11.6 Å². The molecular formula is C14H8F3NO. The molecule has 0 N–H and O–H groups in total. The summed E-state index contributed by atoms with van der Waals surface area (Å²) in [5.74, 6) is -2.07. The number of nitriles is 1. The molecule has 0 fully saturated rings. The highest BCUT2D eigenvalue weighted by Gasteiger charge is 2.08. The number of ether oxygens (including phenoxy) is 1. The SMILES string of the molecule is N#Cc1ccc(OCc2cc(F)ccc2F)c(F)c1. The molecule has 19 heavy (non-hydrogen) atoms. The van der Waals surface area contributed by atoms with Crippen LogP contribution in [0.25, 0.3) is 0 Å². The second-order valence-electron chi connectivity index (χ2n) is 3.78. The molecule has 0 heterocycles. The molecule has 0 saturated heterocycles. The van der Waals surface area contributed by atoms with Crippen molar-refractivity contribution in [3.05, 3.63) is 65.0 Å². The van der Waals surface area contributed by atoms with E-state index >= 15 is 0 Å². The molecule has 0 aromatic heterocycles. The predicted molar refractivity (Wildman–Crippen MR) is 61.8 cm³/mol. The molecule has 2 rings (SSSR count). The van der Waals surface area contributed by atoms with E-state index in [2.05, 4.69) is 0 Å². The Balaban J connectivity index is 2.15. The van der Waals surface area contributed by atoms with Gasteiger partial charge in [-0.1, -0.05) is 0 Å². The highest BCUT2D eigenvalue weighted by atomic mass is 19.1. The van der Waals surface area contributed by atoms with Crippen molar-refractivity contribution in [3.8, 4) is 11.8 Å². The summed E-state index contributed by atoms with van der Waals surface area (Å²) in [5, 5.41) is 8.58. The molecule has 2 aromatic carbocycles. The molecule has 2 nitrogen and oxygen atoms in total. The molecule has 0 aliphatic carbocycles. The smallest absolute Gasteiger partial charge is 0.166 e. The lowest BCUT2D eigenvalue weighted by molar-refractivity contribution is 0.284. The van der Waals surface area contributed by atoms with Gasteiger partial charge < -0.3 is 4.74 Å². The van der Waals surface area contributed by atoms with Crippen molar-refractivity contribution in [1.82, 2.24) is 0 Å². The maximum absolute atomic E-state index is 13.5. The van der Waals surface area contributed by atoms with Crippen LogP contribution in [0.3, 0.4) is 0 Å². The van der Waals surface area contributed by atoms with Gasteiger partial charge in [0, 0.05) is 5.56 Å². The number of benzene rings is 2. The quantitative estimate of drug-likeness (QED) is 0.848. The van der Waals surface area contributed by atoms with Crippen LogP contribution in [0.2, 0.25) is 0 Å². The molecule has 0 radical (unpaired) electrons. The largest absolute Gasteiger partial charge is 0.486 e. The normalized spacial score (nSPS) is 10.0. The summed E-state index contributed by atoms with van der Waals surface area (Å²) >= 11 is 0. The number of rotatable bonds is 3. The maximum atomic E-state index is 13.5. The Morgan fingerprint density at radius 1 is 1.00 bits per heavy atom. The van der Waals surface area contributed by atoms with Gasteiger partial charge in [0.05, 0.1) is 11.6 Å². The van der Waals surface area contributed by atoms with Crippen molar-refractivity contribution in [2.75, 3.05) is 0 Å². The van der Waals surface area contributed by atoms with E-state index in [0.717, 1.165) is 24.3 Å². The Labute approximate surface area is 107 Å². The Morgan fingerprint density at radius 3 is 2.47 bits per heavy atom. The van der Waals surface area contributed by atoms with E-state index in [1.165, 1.54) is 12.1 Å². The number of halogens is 3. The number of hydrogen-bond donors (Lipinski definition) is 0. The van der Waals surface area contributed by atoms with Crippen LogP contribution in [0.15, 0.2) is 36.4 Å². The van der Waals surface area contributed by atoms with Gasteiger partial charge in [-0.2, -0.15) is 5.26 Å². The third-order valence-corrected chi connectivity index (χ3v) is 2.45. The summed E-state index contributed by atoms with van der Waals surface area (Å²) in [6, 6.07) is 8.38. The molecule has 96 valence electrons. The number of nitrogens with zero attached hydrogens (tertiary/aromatic N) is 1.